The molecule has 73 heavy (non-hydrogen) atoms. The number of H-pyrrole nitrogens is 1. The molecular formula is C59H92N6O6S2. The van der Waals surface area contributed by atoms with Crippen LogP contribution in [0.15, 0.2) is 39.7 Å². The molecule has 6 aliphatic rings. The number of aromatic hydroxyl groups is 1. The van der Waals surface area contributed by atoms with E-state index < -0.39 is 12.2 Å². The number of benzene rings is 1. The van der Waals surface area contributed by atoms with Gasteiger partial charge in [0.25, 0.3) is 0 Å². The zero-order chi connectivity index (χ0) is 50.9. The smallest absolute Gasteiger partial charge is 0.189 e. The van der Waals surface area contributed by atoms with Crippen molar-refractivity contribution in [3.05, 3.63) is 69.9 Å². The number of nitrogens with one attached hydrogen (secondary N) is 3. The summed E-state index contributed by atoms with van der Waals surface area (Å²) in [6.07, 6.45) is 25.1. The van der Waals surface area contributed by atoms with Crippen LogP contribution in [0.1, 0.15) is 187 Å². The van der Waals surface area contributed by atoms with E-state index in [2.05, 4.69) is 28.6 Å². The molecule has 0 unspecified atom stereocenters. The molecule has 12 nitrogen and oxygen atoms in total. The first-order valence-electron chi connectivity index (χ1n) is 29.0. The molecule has 1 spiro atoms. The predicted molar refractivity (Wildman–Crippen MR) is 298 cm³/mol. The van der Waals surface area contributed by atoms with E-state index in [1.807, 2.05) is 46.7 Å². The summed E-state index contributed by atoms with van der Waals surface area (Å²) < 4.78 is 12.6. The van der Waals surface area contributed by atoms with Gasteiger partial charge in [-0.1, -0.05) is 85.9 Å². The lowest BCUT2D eigenvalue weighted by atomic mass is 9.66. The second kappa shape index (κ2) is 26.0. The minimum Gasteiger partial charge on any atom is -0.504 e. The Hall–Kier alpha value is -2.85. The molecule has 1 aliphatic heterocycles. The highest BCUT2D eigenvalue weighted by Crippen LogP contribution is 2.60. The number of aliphatic hydroxyl groups is 3. The Labute approximate surface area is 445 Å². The molecule has 11 atom stereocenters. The molecule has 2 bridgehead atoms. The van der Waals surface area contributed by atoms with Crippen molar-refractivity contribution in [1.29, 1.82) is 0 Å². The van der Waals surface area contributed by atoms with Gasteiger partial charge >= 0.3 is 0 Å². The first-order valence-corrected chi connectivity index (χ1v) is 31.5. The Morgan fingerprint density at radius 1 is 0.932 bits per heavy atom. The van der Waals surface area contributed by atoms with Crippen molar-refractivity contribution in [2.75, 3.05) is 31.2 Å². The molecule has 0 radical (unpaired) electrons. The van der Waals surface area contributed by atoms with Crippen LogP contribution in [0.4, 0.5) is 0 Å². The topological polar surface area (TPSA) is 208 Å². The molecule has 1 aromatic carbocycles. The number of hydrogen-bond acceptors (Lipinski definition) is 11. The number of nitrogens with two attached hydrogens (primary N) is 2. The van der Waals surface area contributed by atoms with Crippen molar-refractivity contribution in [3.8, 4) is 11.5 Å². The number of phenols is 1. The fourth-order valence-corrected chi connectivity index (χ4v) is 17.6. The standard InChI is InChI=1S/C59H92N6O6S2/c1-37-17-20-41-26-43(35-72-73-36-53(37)65-58(61)63-44-12-4-3-5-13-44)50(60)28-40(41)11-6-7-16-56-42(33-66)27-45(71-56)21-18-39-19-22-54(68)57(25-39)70-34-55(69)51-29-47-48(32-62-31-38(2)67)46-14-10-15-49(46)59(23-8-9-24-59)30-52(47)64-51/h19,22,25,27,29,37-38,40-41,43-44,46,48-50,53,55,62,64,66-69H,3-18,20-21,23-24,26,28,30-36,60H2,1-2H3,(H3,61,63,65)/t37-,38+,40-,41-,43-,46+,48+,49+,50+,53-,55+/m1/s1. The van der Waals surface area contributed by atoms with Gasteiger partial charge in [-0.15, -0.1) is 0 Å². The Morgan fingerprint density at radius 2 is 1.75 bits per heavy atom. The maximum Gasteiger partial charge on any atom is 0.189 e. The van der Waals surface area contributed by atoms with E-state index in [1.165, 1.54) is 114 Å². The molecule has 1 saturated heterocycles. The molecule has 3 heterocycles. The third-order valence-electron chi connectivity index (χ3n) is 18.9. The van der Waals surface area contributed by atoms with Crippen molar-refractivity contribution in [2.45, 2.75) is 204 Å². The number of guanidine groups is 1. The summed E-state index contributed by atoms with van der Waals surface area (Å²) in [7, 11) is 3.94. The summed E-state index contributed by atoms with van der Waals surface area (Å²) in [4.78, 5) is 8.81. The second-order valence-corrected chi connectivity index (χ2v) is 26.6. The van der Waals surface area contributed by atoms with Gasteiger partial charge in [0, 0.05) is 72.4 Å². The van der Waals surface area contributed by atoms with Gasteiger partial charge in [0.2, 0.25) is 0 Å². The van der Waals surface area contributed by atoms with Crippen LogP contribution in [0.25, 0.3) is 0 Å². The molecular weight excluding hydrogens is 953 g/mol. The predicted octanol–water partition coefficient (Wildman–Crippen LogP) is 10.4. The molecule has 2 aromatic heterocycles. The summed E-state index contributed by atoms with van der Waals surface area (Å²) >= 11 is 0. The van der Waals surface area contributed by atoms with E-state index in [-0.39, 0.29) is 31.0 Å². The first kappa shape index (κ1) is 54.9. The van der Waals surface area contributed by atoms with Crippen molar-refractivity contribution < 1.29 is 29.6 Å². The van der Waals surface area contributed by atoms with Crippen molar-refractivity contribution >= 4 is 27.5 Å². The van der Waals surface area contributed by atoms with Crippen molar-refractivity contribution in [3.63, 3.8) is 0 Å². The SMILES string of the molecule is C[C@H](O)CNC[C@@H]1c2cc([C@@H](O)COc3cc(CCc4cc(CO)c(CCCC[C@@H]5C[C@H](N)[C@H]6CSSC[C@@H](N=C(N)NC7CCCCC7)[C@H](C)CC[C@@H]5C6)o4)ccc3O)[nH]c2CC2(CCCC2)[C@H]2CCC[C@@H]12. The van der Waals surface area contributed by atoms with Crippen LogP contribution in [0.2, 0.25) is 0 Å². The van der Waals surface area contributed by atoms with Gasteiger partial charge in [-0.25, -0.2) is 4.99 Å². The van der Waals surface area contributed by atoms with Crippen LogP contribution in [-0.4, -0.2) is 86.8 Å². The number of ether oxygens (including phenoxy) is 1. The number of aromatic nitrogens is 1. The number of unbranched alkanes of at least 4 members (excludes halogenated alkanes) is 1. The number of hydrogen-bond donors (Lipinski definition) is 9. The van der Waals surface area contributed by atoms with Crippen LogP contribution in [0.3, 0.4) is 0 Å². The Balaban J connectivity index is 0.763. The lowest BCUT2D eigenvalue weighted by Gasteiger charge is -2.40. The summed E-state index contributed by atoms with van der Waals surface area (Å²) in [6, 6.07) is 10.6. The van der Waals surface area contributed by atoms with E-state index in [0.717, 1.165) is 84.4 Å². The molecule has 5 fully saturated rings. The molecule has 11 N–H and O–H groups in total. The fourth-order valence-electron chi connectivity index (χ4n) is 14.8. The van der Waals surface area contributed by atoms with Crippen LogP contribution in [-0.2, 0) is 32.3 Å². The number of aliphatic imine (C=N–C) groups is 1. The van der Waals surface area contributed by atoms with Gasteiger partial charge < -0.3 is 56.7 Å². The van der Waals surface area contributed by atoms with Crippen LogP contribution >= 0.6 is 21.6 Å². The summed E-state index contributed by atoms with van der Waals surface area (Å²) in [5, 5.41) is 50.1. The van der Waals surface area contributed by atoms with Crippen LogP contribution in [0.5, 0.6) is 11.5 Å². The number of furan rings is 1. The van der Waals surface area contributed by atoms with E-state index in [9.17, 15) is 20.4 Å². The Morgan fingerprint density at radius 3 is 2.56 bits per heavy atom. The van der Waals surface area contributed by atoms with Gasteiger partial charge in [0.1, 0.15) is 24.2 Å². The molecule has 9 rings (SSSR count). The third-order valence-corrected chi connectivity index (χ3v) is 21.4. The number of nitrogens with zero attached hydrogens (tertiary/aromatic N) is 1. The van der Waals surface area contributed by atoms with Gasteiger partial charge in [-0.05, 0) is 167 Å². The average Bonchev–Trinajstić information content (AvgIpc) is 4.21. The molecule has 406 valence electrons. The van der Waals surface area contributed by atoms with E-state index in [0.29, 0.717) is 78.1 Å². The van der Waals surface area contributed by atoms with Crippen LogP contribution in [0, 0.1) is 40.9 Å². The minimum absolute atomic E-state index is 0.0105. The summed E-state index contributed by atoms with van der Waals surface area (Å²) in [6.45, 7) is 5.57. The van der Waals surface area contributed by atoms with Gasteiger partial charge in [-0.2, -0.15) is 0 Å². The first-order chi connectivity index (χ1) is 35.4. The number of rotatable bonds is 19. The van der Waals surface area contributed by atoms with Gasteiger partial charge in [-0.3, -0.25) is 0 Å². The normalized spacial score (nSPS) is 29.8. The molecule has 0 amide bonds. The molecule has 3 aromatic rings. The highest BCUT2D eigenvalue weighted by molar-refractivity contribution is 8.76. The quantitative estimate of drug-likeness (QED) is 0.0238. The van der Waals surface area contributed by atoms with Gasteiger partial charge in [0.15, 0.2) is 17.5 Å². The Kier molecular flexibility index (Phi) is 19.6. The number of fused-ring (bicyclic) bond motifs is 5. The Bertz CT molecular complexity index is 2220. The van der Waals surface area contributed by atoms with Gasteiger partial charge in [0.05, 0.1) is 18.8 Å². The highest BCUT2D eigenvalue weighted by atomic mass is 33.1. The number of aliphatic hydroxyl groups excluding tert-OH is 3. The maximum absolute atomic E-state index is 11.6. The molecule has 4 saturated carbocycles. The monoisotopic (exact) mass is 1040 g/mol. The lowest BCUT2D eigenvalue weighted by Crippen LogP contribution is -2.42. The summed E-state index contributed by atoms with van der Waals surface area (Å²) in [5.74, 6) is 8.85. The fraction of sp³-hybridized carbons (Fsp3) is 0.746. The van der Waals surface area contributed by atoms with Crippen LogP contribution < -0.4 is 26.8 Å². The third kappa shape index (κ3) is 14.0. The van der Waals surface area contributed by atoms with E-state index >= 15 is 0 Å². The highest BCUT2D eigenvalue weighted by Gasteiger charge is 2.52. The maximum atomic E-state index is 11.6. The molecule has 14 heteroatoms. The molecule has 5 aliphatic carbocycles. The lowest BCUT2D eigenvalue weighted by molar-refractivity contribution is 0.101. The number of aryl methyl sites for hydroxylation is 3. The van der Waals surface area contributed by atoms with Crippen molar-refractivity contribution in [1.82, 2.24) is 15.6 Å². The number of aromatic amines is 1. The minimum atomic E-state index is -0.888. The summed E-state index contributed by atoms with van der Waals surface area (Å²) in [5.41, 5.74) is 19.0. The zero-order valence-corrected chi connectivity index (χ0v) is 46.0. The zero-order valence-electron chi connectivity index (χ0n) is 44.3. The van der Waals surface area contributed by atoms with E-state index in [1.54, 1.807) is 6.07 Å². The van der Waals surface area contributed by atoms with Crippen molar-refractivity contribution in [2.24, 2.45) is 57.4 Å². The largest absolute Gasteiger partial charge is 0.504 e. The second-order valence-electron chi connectivity index (χ2n) is 24.0. The number of phenolic OH excluding ortho intramolecular Hbond substituents is 1. The average molecular weight is 1050 g/mol. The van der Waals surface area contributed by atoms with E-state index in [4.69, 9.17) is 25.6 Å².